The Morgan fingerprint density at radius 3 is 3.00 bits per heavy atom. The molecule has 6 nitrogen and oxygen atoms in total. The molecular weight excluding hydrogens is 218 g/mol. The summed E-state index contributed by atoms with van der Waals surface area (Å²) in [5.74, 6) is 0.430. The van der Waals surface area contributed by atoms with Crippen LogP contribution in [0.25, 0.3) is 11.2 Å². The first-order valence-corrected chi connectivity index (χ1v) is 5.03. The van der Waals surface area contributed by atoms with Gasteiger partial charge >= 0.3 is 6.03 Å². The number of carbonyl (C=O) groups is 1. The zero-order valence-electron chi connectivity index (χ0n) is 9.05. The summed E-state index contributed by atoms with van der Waals surface area (Å²) >= 11 is 0. The number of carbonyl (C=O) groups excluding carboxylic acids is 1. The van der Waals surface area contributed by atoms with Crippen LogP contribution in [0.5, 0.6) is 0 Å². The Kier molecular flexibility index (Phi) is 3.25. The van der Waals surface area contributed by atoms with Crippen molar-refractivity contribution in [2.75, 3.05) is 11.9 Å². The van der Waals surface area contributed by atoms with Gasteiger partial charge in [0.1, 0.15) is 11.3 Å². The van der Waals surface area contributed by atoms with Gasteiger partial charge in [-0.15, -0.1) is 6.58 Å². The van der Waals surface area contributed by atoms with Gasteiger partial charge in [0.25, 0.3) is 0 Å². The normalized spacial score (nSPS) is 9.88. The highest BCUT2D eigenvalue weighted by molar-refractivity contribution is 5.89. The number of urea groups is 1. The molecular formula is C11H11N5O. The number of aromatic nitrogens is 3. The van der Waals surface area contributed by atoms with E-state index in [4.69, 9.17) is 0 Å². The standard InChI is InChI=1S/C11H11N5O/c1-2-5-14-11(17)16-9-4-3-8-10(15-9)13-7-6-12-8/h2-4,6-7H,1,5H2,(H2,13,14,15,16,17). The van der Waals surface area contributed by atoms with Crippen LogP contribution >= 0.6 is 0 Å². The molecule has 0 fully saturated rings. The monoisotopic (exact) mass is 229 g/mol. The molecule has 86 valence electrons. The Morgan fingerprint density at radius 1 is 1.35 bits per heavy atom. The molecule has 2 amide bonds. The van der Waals surface area contributed by atoms with Gasteiger partial charge in [0.15, 0.2) is 5.65 Å². The molecule has 2 rings (SSSR count). The Bertz CT molecular complexity index is 554. The number of fused-ring (bicyclic) bond motifs is 1. The Hall–Kier alpha value is -2.50. The van der Waals surface area contributed by atoms with Gasteiger partial charge in [-0.1, -0.05) is 6.08 Å². The lowest BCUT2D eigenvalue weighted by Crippen LogP contribution is -2.28. The first-order chi connectivity index (χ1) is 8.29. The molecule has 2 aromatic rings. The second kappa shape index (κ2) is 5.02. The van der Waals surface area contributed by atoms with Crippen molar-refractivity contribution in [1.29, 1.82) is 0 Å². The van der Waals surface area contributed by atoms with Crippen LogP contribution in [0.2, 0.25) is 0 Å². The zero-order chi connectivity index (χ0) is 12.1. The maximum absolute atomic E-state index is 11.4. The summed E-state index contributed by atoms with van der Waals surface area (Å²) in [6, 6.07) is 3.09. The summed E-state index contributed by atoms with van der Waals surface area (Å²) in [6.07, 6.45) is 4.74. The summed E-state index contributed by atoms with van der Waals surface area (Å²) in [6.45, 7) is 3.91. The van der Waals surface area contributed by atoms with Crippen LogP contribution < -0.4 is 10.6 Å². The third-order valence-electron chi connectivity index (χ3n) is 1.98. The maximum Gasteiger partial charge on any atom is 0.320 e. The number of amides is 2. The second-order valence-electron chi connectivity index (χ2n) is 3.22. The van der Waals surface area contributed by atoms with Crippen molar-refractivity contribution in [3.63, 3.8) is 0 Å². The highest BCUT2D eigenvalue weighted by Gasteiger charge is 2.03. The molecule has 0 bridgehead atoms. The topological polar surface area (TPSA) is 79.8 Å². The van der Waals surface area contributed by atoms with Crippen molar-refractivity contribution >= 4 is 23.0 Å². The summed E-state index contributed by atoms with van der Waals surface area (Å²) in [4.78, 5) is 23.6. The quantitative estimate of drug-likeness (QED) is 0.778. The molecule has 0 aliphatic rings. The minimum atomic E-state index is -0.333. The molecule has 0 unspecified atom stereocenters. The lowest BCUT2D eigenvalue weighted by Gasteiger charge is -2.05. The molecule has 0 saturated heterocycles. The average molecular weight is 229 g/mol. The number of hydrogen-bond acceptors (Lipinski definition) is 4. The van der Waals surface area contributed by atoms with Gasteiger partial charge in [-0.25, -0.2) is 14.8 Å². The van der Waals surface area contributed by atoms with E-state index >= 15 is 0 Å². The minimum absolute atomic E-state index is 0.333. The maximum atomic E-state index is 11.4. The van der Waals surface area contributed by atoms with Crippen LogP contribution in [0.15, 0.2) is 37.2 Å². The number of pyridine rings is 1. The smallest absolute Gasteiger partial charge is 0.320 e. The largest absolute Gasteiger partial charge is 0.334 e. The van der Waals surface area contributed by atoms with Crippen LogP contribution in [-0.2, 0) is 0 Å². The SMILES string of the molecule is C=CCNC(=O)Nc1ccc2nccnc2n1. The van der Waals surface area contributed by atoms with Gasteiger partial charge in [-0.05, 0) is 12.1 Å². The van der Waals surface area contributed by atoms with E-state index < -0.39 is 0 Å². The molecule has 2 N–H and O–H groups in total. The summed E-state index contributed by atoms with van der Waals surface area (Å²) in [5, 5.41) is 5.18. The van der Waals surface area contributed by atoms with E-state index in [2.05, 4.69) is 32.2 Å². The molecule has 0 atom stereocenters. The lowest BCUT2D eigenvalue weighted by molar-refractivity contribution is 0.253. The van der Waals surface area contributed by atoms with Crippen LogP contribution in [0.3, 0.4) is 0 Å². The van der Waals surface area contributed by atoms with Crippen LogP contribution in [-0.4, -0.2) is 27.5 Å². The van der Waals surface area contributed by atoms with Crippen molar-refractivity contribution < 1.29 is 4.79 Å². The van der Waals surface area contributed by atoms with Gasteiger partial charge < -0.3 is 5.32 Å². The van der Waals surface area contributed by atoms with E-state index in [1.165, 1.54) is 0 Å². The summed E-state index contributed by atoms with van der Waals surface area (Å²) < 4.78 is 0. The van der Waals surface area contributed by atoms with Gasteiger partial charge in [0.05, 0.1) is 0 Å². The second-order valence-corrected chi connectivity index (χ2v) is 3.22. The molecule has 0 aliphatic heterocycles. The number of nitrogens with zero attached hydrogens (tertiary/aromatic N) is 3. The molecule has 0 aromatic carbocycles. The van der Waals surface area contributed by atoms with Crippen LogP contribution in [0.1, 0.15) is 0 Å². The summed E-state index contributed by atoms with van der Waals surface area (Å²) in [7, 11) is 0. The molecule has 2 aromatic heterocycles. The Morgan fingerprint density at radius 2 is 2.18 bits per heavy atom. The van der Waals surface area contributed by atoms with Crippen molar-refractivity contribution in [2.24, 2.45) is 0 Å². The molecule has 2 heterocycles. The molecule has 0 saturated carbocycles. The van der Waals surface area contributed by atoms with E-state index in [1.807, 2.05) is 0 Å². The van der Waals surface area contributed by atoms with Gasteiger partial charge in [-0.3, -0.25) is 10.3 Å². The molecule has 17 heavy (non-hydrogen) atoms. The third kappa shape index (κ3) is 2.75. The number of anilines is 1. The van der Waals surface area contributed by atoms with Crippen LogP contribution in [0, 0.1) is 0 Å². The molecule has 6 heteroatoms. The fourth-order valence-corrected chi connectivity index (χ4v) is 1.25. The molecule has 0 aliphatic carbocycles. The number of rotatable bonds is 3. The van der Waals surface area contributed by atoms with E-state index in [1.54, 1.807) is 30.6 Å². The average Bonchev–Trinajstić information content (AvgIpc) is 2.36. The Labute approximate surface area is 97.8 Å². The fourth-order valence-electron chi connectivity index (χ4n) is 1.25. The first kappa shape index (κ1) is 11.0. The zero-order valence-corrected chi connectivity index (χ0v) is 9.05. The van der Waals surface area contributed by atoms with Crippen molar-refractivity contribution in [1.82, 2.24) is 20.3 Å². The third-order valence-corrected chi connectivity index (χ3v) is 1.98. The Balaban J connectivity index is 2.13. The van der Waals surface area contributed by atoms with E-state index in [0.29, 0.717) is 23.5 Å². The molecule has 0 radical (unpaired) electrons. The highest BCUT2D eigenvalue weighted by Crippen LogP contribution is 2.09. The lowest BCUT2D eigenvalue weighted by atomic mass is 10.4. The number of hydrogen-bond donors (Lipinski definition) is 2. The fraction of sp³-hybridized carbons (Fsp3) is 0.0909. The van der Waals surface area contributed by atoms with Gasteiger partial charge in [0, 0.05) is 18.9 Å². The molecule has 0 spiro atoms. The highest BCUT2D eigenvalue weighted by atomic mass is 16.2. The predicted molar refractivity (Wildman–Crippen MR) is 64.6 cm³/mol. The first-order valence-electron chi connectivity index (χ1n) is 5.03. The van der Waals surface area contributed by atoms with Gasteiger partial charge in [-0.2, -0.15) is 0 Å². The van der Waals surface area contributed by atoms with E-state index in [-0.39, 0.29) is 6.03 Å². The van der Waals surface area contributed by atoms with Crippen molar-refractivity contribution in [3.05, 3.63) is 37.2 Å². The predicted octanol–water partition coefficient (Wildman–Crippen LogP) is 1.33. The van der Waals surface area contributed by atoms with Crippen molar-refractivity contribution in [3.8, 4) is 0 Å². The number of nitrogens with one attached hydrogen (secondary N) is 2. The minimum Gasteiger partial charge on any atom is -0.334 e. The summed E-state index contributed by atoms with van der Waals surface area (Å²) in [5.41, 5.74) is 1.18. The van der Waals surface area contributed by atoms with E-state index in [0.717, 1.165) is 0 Å². The van der Waals surface area contributed by atoms with Crippen molar-refractivity contribution in [2.45, 2.75) is 0 Å². The van der Waals surface area contributed by atoms with E-state index in [9.17, 15) is 4.79 Å². The van der Waals surface area contributed by atoms with Crippen LogP contribution in [0.4, 0.5) is 10.6 Å². The van der Waals surface area contributed by atoms with Gasteiger partial charge in [0.2, 0.25) is 0 Å².